The molecule has 0 amide bonds. The van der Waals surface area contributed by atoms with Crippen molar-refractivity contribution in [2.24, 2.45) is 5.41 Å². The van der Waals surface area contributed by atoms with E-state index in [2.05, 4.69) is 6.92 Å². The predicted molar refractivity (Wildman–Crippen MR) is 66.5 cm³/mol. The lowest BCUT2D eigenvalue weighted by molar-refractivity contribution is 0.321. The van der Waals surface area contributed by atoms with Crippen molar-refractivity contribution >= 4 is 23.2 Å². The molecule has 4 heteroatoms. The van der Waals surface area contributed by atoms with Crippen molar-refractivity contribution < 1.29 is 8.78 Å². The van der Waals surface area contributed by atoms with Gasteiger partial charge in [0.15, 0.2) is 11.6 Å². The summed E-state index contributed by atoms with van der Waals surface area (Å²) in [6.45, 7) is 2.08. The summed E-state index contributed by atoms with van der Waals surface area (Å²) in [6, 6.07) is 2.12. The lowest BCUT2D eigenvalue weighted by Crippen LogP contribution is -2.18. The fourth-order valence-corrected chi connectivity index (χ4v) is 3.26. The van der Waals surface area contributed by atoms with Crippen LogP contribution in [0.15, 0.2) is 12.1 Å². The van der Waals surface area contributed by atoms with Gasteiger partial charge in [0.1, 0.15) is 0 Å². The number of rotatable bonds is 2. The molecule has 2 rings (SSSR count). The van der Waals surface area contributed by atoms with E-state index in [-0.39, 0.29) is 15.8 Å². The fourth-order valence-electron chi connectivity index (χ4n) is 2.54. The summed E-state index contributed by atoms with van der Waals surface area (Å²) in [5, 5.41) is -0.162. The van der Waals surface area contributed by atoms with Crippen LogP contribution < -0.4 is 0 Å². The van der Waals surface area contributed by atoms with Gasteiger partial charge in [0, 0.05) is 5.02 Å². The maximum Gasteiger partial charge on any atom is 0.160 e. The van der Waals surface area contributed by atoms with Crippen LogP contribution in [0, 0.1) is 17.0 Å². The molecule has 1 aromatic rings. The van der Waals surface area contributed by atoms with E-state index in [1.165, 1.54) is 0 Å². The van der Waals surface area contributed by atoms with E-state index in [9.17, 15) is 8.78 Å². The minimum absolute atomic E-state index is 0.0739. The Labute approximate surface area is 110 Å². The van der Waals surface area contributed by atoms with Crippen LogP contribution in [0.3, 0.4) is 0 Å². The van der Waals surface area contributed by atoms with Crippen LogP contribution in [0.2, 0.25) is 5.02 Å². The van der Waals surface area contributed by atoms with Gasteiger partial charge in [-0.05, 0) is 36.0 Å². The zero-order chi connectivity index (χ0) is 12.6. The van der Waals surface area contributed by atoms with Gasteiger partial charge in [0.2, 0.25) is 0 Å². The largest absolute Gasteiger partial charge is 0.204 e. The second-order valence-electron chi connectivity index (χ2n) is 5.01. The summed E-state index contributed by atoms with van der Waals surface area (Å²) in [7, 11) is 0. The van der Waals surface area contributed by atoms with Gasteiger partial charge >= 0.3 is 0 Å². The van der Waals surface area contributed by atoms with Crippen molar-refractivity contribution in [1.82, 2.24) is 0 Å². The third-order valence-corrected chi connectivity index (χ3v) is 4.76. The summed E-state index contributed by atoms with van der Waals surface area (Å²) >= 11 is 12.4. The molecule has 1 unspecified atom stereocenters. The molecule has 17 heavy (non-hydrogen) atoms. The molecule has 0 heterocycles. The Kier molecular flexibility index (Phi) is 3.65. The first kappa shape index (κ1) is 13.1. The molecule has 0 radical (unpaired) electrons. The molecule has 1 saturated carbocycles. The molecule has 1 fully saturated rings. The average molecular weight is 279 g/mol. The number of halogens is 4. The van der Waals surface area contributed by atoms with Gasteiger partial charge in [0.05, 0.1) is 5.38 Å². The minimum atomic E-state index is -0.931. The highest BCUT2D eigenvalue weighted by Gasteiger charge is 2.38. The van der Waals surface area contributed by atoms with Crippen LogP contribution in [-0.4, -0.2) is 0 Å². The van der Waals surface area contributed by atoms with Crippen molar-refractivity contribution in [3.8, 4) is 0 Å². The lowest BCUT2D eigenvalue weighted by Gasteiger charge is -2.30. The predicted octanol–water partition coefficient (Wildman–Crippen LogP) is 5.48. The van der Waals surface area contributed by atoms with E-state index in [0.717, 1.165) is 37.8 Å². The first-order chi connectivity index (χ1) is 7.94. The highest BCUT2D eigenvalue weighted by molar-refractivity contribution is 6.32. The van der Waals surface area contributed by atoms with Crippen LogP contribution in [0.1, 0.15) is 43.5 Å². The van der Waals surface area contributed by atoms with Gasteiger partial charge in [-0.15, -0.1) is 11.6 Å². The third kappa shape index (κ3) is 2.43. The van der Waals surface area contributed by atoms with E-state index in [1.807, 2.05) is 0 Å². The van der Waals surface area contributed by atoms with Gasteiger partial charge < -0.3 is 0 Å². The standard InChI is InChI=1S/C13H14Cl2F2/c1-13(4-2-3-5-13)12(15)8-6-10(16)11(17)7-9(8)14/h6-7,12H,2-5H2,1H3. The summed E-state index contributed by atoms with van der Waals surface area (Å²) in [4.78, 5) is 0. The molecule has 0 N–H and O–H groups in total. The molecule has 0 spiro atoms. The molecular weight excluding hydrogens is 265 g/mol. The monoisotopic (exact) mass is 278 g/mol. The normalized spacial score (nSPS) is 20.5. The van der Waals surface area contributed by atoms with Gasteiger partial charge in [-0.1, -0.05) is 31.4 Å². The second kappa shape index (κ2) is 4.74. The Morgan fingerprint density at radius 1 is 1.18 bits per heavy atom. The summed E-state index contributed by atoms with van der Waals surface area (Å²) in [5.41, 5.74) is 0.423. The van der Waals surface area contributed by atoms with Gasteiger partial charge in [-0.25, -0.2) is 8.78 Å². The molecule has 0 saturated heterocycles. The zero-order valence-corrected chi connectivity index (χ0v) is 11.1. The number of hydrogen-bond donors (Lipinski definition) is 0. The smallest absolute Gasteiger partial charge is 0.160 e. The second-order valence-corrected chi connectivity index (χ2v) is 5.86. The quantitative estimate of drug-likeness (QED) is 0.497. The van der Waals surface area contributed by atoms with Crippen molar-refractivity contribution in [1.29, 1.82) is 0 Å². The molecule has 1 aliphatic carbocycles. The van der Waals surface area contributed by atoms with Crippen LogP contribution >= 0.6 is 23.2 Å². The van der Waals surface area contributed by atoms with Gasteiger partial charge in [-0.2, -0.15) is 0 Å². The SMILES string of the molecule is CC1(C(Cl)c2cc(F)c(F)cc2Cl)CCCC1. The van der Waals surface area contributed by atoms with E-state index < -0.39 is 11.6 Å². The molecule has 1 aliphatic rings. The maximum absolute atomic E-state index is 13.2. The Morgan fingerprint density at radius 3 is 2.29 bits per heavy atom. The molecule has 0 nitrogen and oxygen atoms in total. The van der Waals surface area contributed by atoms with Crippen molar-refractivity contribution in [2.75, 3.05) is 0 Å². The number of benzene rings is 1. The first-order valence-electron chi connectivity index (χ1n) is 5.72. The van der Waals surface area contributed by atoms with E-state index in [1.54, 1.807) is 0 Å². The molecule has 94 valence electrons. The molecule has 1 aromatic carbocycles. The van der Waals surface area contributed by atoms with Crippen molar-refractivity contribution in [2.45, 2.75) is 38.0 Å². The Morgan fingerprint density at radius 2 is 1.71 bits per heavy atom. The summed E-state index contributed by atoms with van der Waals surface area (Å²) in [6.07, 6.45) is 4.25. The molecule has 0 aliphatic heterocycles. The number of hydrogen-bond acceptors (Lipinski definition) is 0. The topological polar surface area (TPSA) is 0 Å². The highest BCUT2D eigenvalue weighted by atomic mass is 35.5. The molecule has 0 aromatic heterocycles. The van der Waals surface area contributed by atoms with E-state index in [4.69, 9.17) is 23.2 Å². The summed E-state index contributed by atoms with van der Waals surface area (Å²) < 4.78 is 26.2. The van der Waals surface area contributed by atoms with Crippen LogP contribution in [0.25, 0.3) is 0 Å². The summed E-state index contributed by atoms with van der Waals surface area (Å²) in [5.74, 6) is -1.82. The van der Waals surface area contributed by atoms with Gasteiger partial charge in [-0.3, -0.25) is 0 Å². The van der Waals surface area contributed by atoms with Crippen LogP contribution in [-0.2, 0) is 0 Å². The van der Waals surface area contributed by atoms with Crippen LogP contribution in [0.5, 0.6) is 0 Å². The third-order valence-electron chi connectivity index (χ3n) is 3.67. The van der Waals surface area contributed by atoms with Crippen molar-refractivity contribution in [3.63, 3.8) is 0 Å². The van der Waals surface area contributed by atoms with Crippen molar-refractivity contribution in [3.05, 3.63) is 34.4 Å². The molecule has 0 bridgehead atoms. The Balaban J connectivity index is 2.36. The minimum Gasteiger partial charge on any atom is -0.204 e. The Bertz CT molecular complexity index is 426. The maximum atomic E-state index is 13.2. The molecule has 1 atom stereocenters. The zero-order valence-electron chi connectivity index (χ0n) is 9.57. The van der Waals surface area contributed by atoms with E-state index >= 15 is 0 Å². The highest BCUT2D eigenvalue weighted by Crippen LogP contribution is 2.51. The number of alkyl halides is 1. The van der Waals surface area contributed by atoms with Crippen LogP contribution in [0.4, 0.5) is 8.78 Å². The Hall–Kier alpha value is -0.340. The van der Waals surface area contributed by atoms with Gasteiger partial charge in [0.25, 0.3) is 0 Å². The average Bonchev–Trinajstić information content (AvgIpc) is 2.71. The lowest BCUT2D eigenvalue weighted by atomic mass is 9.81. The van der Waals surface area contributed by atoms with E-state index in [0.29, 0.717) is 5.56 Å². The molecular formula is C13H14Cl2F2. The fraction of sp³-hybridized carbons (Fsp3) is 0.538. The first-order valence-corrected chi connectivity index (χ1v) is 6.54.